The molecule has 0 radical (unpaired) electrons. The van der Waals surface area contributed by atoms with Crippen LogP contribution in [0.5, 0.6) is 11.5 Å². The summed E-state index contributed by atoms with van der Waals surface area (Å²) in [6, 6.07) is 45.6. The minimum atomic E-state index is -0.883. The van der Waals surface area contributed by atoms with Crippen LogP contribution in [0.3, 0.4) is 0 Å². The van der Waals surface area contributed by atoms with Gasteiger partial charge in [0.15, 0.2) is 11.7 Å². The Kier molecular flexibility index (Phi) is 8.66. The molecule has 0 N–H and O–H groups in total. The second-order valence-electron chi connectivity index (χ2n) is 18.6. The van der Waals surface area contributed by atoms with Crippen molar-refractivity contribution in [3.8, 4) is 33.8 Å². The average Bonchev–Trinajstić information content (AvgIpc) is 3.78. The summed E-state index contributed by atoms with van der Waals surface area (Å²) in [5.41, 5.74) is 10.5. The number of benzene rings is 8. The fourth-order valence-corrected chi connectivity index (χ4v) is 16.9. The number of ether oxygens (including phenoxy) is 2. The normalized spacial score (nSPS) is 19.1. The van der Waals surface area contributed by atoms with Crippen LogP contribution in [0.1, 0.15) is 63.8 Å². The highest BCUT2D eigenvalue weighted by Gasteiger charge is 2.55. The van der Waals surface area contributed by atoms with Gasteiger partial charge in [-0.1, -0.05) is 139 Å². The molecule has 0 saturated carbocycles. The fourth-order valence-electron chi connectivity index (χ4n) is 10.1. The molecule has 0 aliphatic carbocycles. The Hall–Kier alpha value is -4.74. The lowest BCUT2D eigenvalue weighted by Gasteiger charge is -2.40. The van der Waals surface area contributed by atoms with Gasteiger partial charge in [-0.25, -0.2) is 0 Å². The number of rotatable bonds is 3. The molecule has 0 fully saturated rings. The van der Waals surface area contributed by atoms with Gasteiger partial charge in [-0.05, 0) is 166 Å². The number of aryl methyl sites for hydroxylation is 4. The lowest BCUT2D eigenvalue weighted by Crippen LogP contribution is -2.38. The third-order valence-corrected chi connectivity index (χ3v) is 19.4. The first kappa shape index (κ1) is 37.5. The van der Waals surface area contributed by atoms with Crippen LogP contribution in [0.4, 0.5) is 0 Å². The minimum absolute atomic E-state index is 0.0612. The first-order chi connectivity index (χ1) is 27.7. The van der Waals surface area contributed by atoms with E-state index < -0.39 is 15.8 Å². The number of hydrogen-bond acceptors (Lipinski definition) is 2. The molecule has 8 aromatic carbocycles. The third-order valence-electron chi connectivity index (χ3n) is 12.7. The van der Waals surface area contributed by atoms with Crippen LogP contribution in [0.15, 0.2) is 121 Å². The molecule has 4 atom stereocenters. The number of fused-ring (bicyclic) bond motifs is 6. The molecule has 0 aromatic heterocycles. The van der Waals surface area contributed by atoms with Crippen LogP contribution in [0.25, 0.3) is 65.3 Å². The van der Waals surface area contributed by atoms with Gasteiger partial charge in [0, 0.05) is 10.6 Å². The van der Waals surface area contributed by atoms with Crippen LogP contribution < -0.4 is 20.1 Å². The van der Waals surface area contributed by atoms with E-state index in [1.807, 2.05) is 0 Å². The molecule has 0 amide bonds. The van der Waals surface area contributed by atoms with Crippen molar-refractivity contribution in [2.75, 3.05) is 0 Å². The molecule has 2 unspecified atom stereocenters. The van der Waals surface area contributed by atoms with E-state index in [9.17, 15) is 0 Å². The summed E-state index contributed by atoms with van der Waals surface area (Å²) in [5.74, 6) is 1.80. The molecular formula is C54H52O2P2. The van der Waals surface area contributed by atoms with Gasteiger partial charge >= 0.3 is 0 Å². The minimum Gasteiger partial charge on any atom is -0.481 e. The molecule has 2 heterocycles. The molecule has 8 aromatic rings. The van der Waals surface area contributed by atoms with Gasteiger partial charge in [0.25, 0.3) is 0 Å². The van der Waals surface area contributed by atoms with Crippen molar-refractivity contribution in [1.82, 2.24) is 0 Å². The quantitative estimate of drug-likeness (QED) is 0.131. The molecule has 0 bridgehead atoms. The van der Waals surface area contributed by atoms with Gasteiger partial charge in [-0.3, -0.25) is 0 Å². The van der Waals surface area contributed by atoms with Gasteiger partial charge in [-0.2, -0.15) is 0 Å². The van der Waals surface area contributed by atoms with Crippen LogP contribution in [0.2, 0.25) is 0 Å². The van der Waals surface area contributed by atoms with E-state index in [-0.39, 0.29) is 22.0 Å². The van der Waals surface area contributed by atoms with E-state index >= 15 is 0 Å². The maximum absolute atomic E-state index is 7.46. The van der Waals surface area contributed by atoms with E-state index in [4.69, 9.17) is 9.47 Å². The van der Waals surface area contributed by atoms with Crippen molar-refractivity contribution in [2.24, 2.45) is 0 Å². The molecule has 4 heteroatoms. The monoisotopic (exact) mass is 794 g/mol. The van der Waals surface area contributed by atoms with Crippen molar-refractivity contribution in [2.45, 2.75) is 91.2 Å². The number of hydrogen-bond donors (Lipinski definition) is 0. The summed E-state index contributed by atoms with van der Waals surface area (Å²) in [7, 11) is -1.77. The molecule has 0 spiro atoms. The maximum Gasteiger partial charge on any atom is 0.162 e. The maximum atomic E-state index is 7.46. The zero-order chi connectivity index (χ0) is 40.4. The smallest absolute Gasteiger partial charge is 0.162 e. The van der Waals surface area contributed by atoms with Crippen molar-refractivity contribution in [3.05, 3.63) is 144 Å². The third kappa shape index (κ3) is 5.66. The molecular weight excluding hydrogens is 743 g/mol. The van der Waals surface area contributed by atoms with Crippen LogP contribution in [-0.2, 0) is 0 Å². The van der Waals surface area contributed by atoms with Gasteiger partial charge in [0.1, 0.15) is 11.5 Å². The molecule has 58 heavy (non-hydrogen) atoms. The van der Waals surface area contributed by atoms with E-state index in [2.05, 4.69) is 191 Å². The Morgan fingerprint density at radius 2 is 0.672 bits per heavy atom. The first-order valence-corrected chi connectivity index (χ1v) is 23.6. The predicted molar refractivity (Wildman–Crippen MR) is 254 cm³/mol. The zero-order valence-corrected chi connectivity index (χ0v) is 37.2. The van der Waals surface area contributed by atoms with Gasteiger partial charge in [0.2, 0.25) is 0 Å². The molecule has 10 rings (SSSR count). The van der Waals surface area contributed by atoms with Gasteiger partial charge in [0.05, 0.1) is 0 Å². The Labute approximate surface area is 346 Å². The van der Waals surface area contributed by atoms with Crippen molar-refractivity contribution >= 4 is 69.5 Å². The van der Waals surface area contributed by atoms with Crippen LogP contribution in [-0.4, -0.2) is 22.0 Å². The summed E-state index contributed by atoms with van der Waals surface area (Å²) in [5, 5.41) is 13.1. The SMILES string of the molecule is Cc1cccc2c(-c3cccc4c3P(C(C)(C)C)[C@@H]([C@H]3Oc5cccc(-c6c7cccc(C)c7cc7c(C)cccc67)c5P3C(C)(C)C)O4)c3cccc(C)c3cc12. The molecule has 290 valence electrons. The van der Waals surface area contributed by atoms with Crippen LogP contribution >= 0.6 is 15.8 Å². The van der Waals surface area contributed by atoms with Gasteiger partial charge < -0.3 is 9.47 Å². The summed E-state index contributed by atoms with van der Waals surface area (Å²) in [4.78, 5) is 0. The summed E-state index contributed by atoms with van der Waals surface area (Å²) in [6.07, 6.45) is 0. The van der Waals surface area contributed by atoms with E-state index in [0.717, 1.165) is 11.5 Å². The lowest BCUT2D eigenvalue weighted by atomic mass is 9.89. The predicted octanol–water partition coefficient (Wildman–Crippen LogP) is 14.8. The highest BCUT2D eigenvalue weighted by atomic mass is 31.1. The Balaban J connectivity index is 1.19. The zero-order valence-electron chi connectivity index (χ0n) is 35.4. The van der Waals surface area contributed by atoms with Crippen molar-refractivity contribution in [1.29, 1.82) is 0 Å². The second-order valence-corrected chi connectivity index (χ2v) is 24.7. The van der Waals surface area contributed by atoms with E-state index in [1.54, 1.807) is 0 Å². The summed E-state index contributed by atoms with van der Waals surface area (Å²) >= 11 is 0. The average molecular weight is 795 g/mol. The van der Waals surface area contributed by atoms with E-state index in [0.29, 0.717) is 0 Å². The Morgan fingerprint density at radius 3 is 0.966 bits per heavy atom. The second kappa shape index (κ2) is 13.4. The van der Waals surface area contributed by atoms with E-state index in [1.165, 1.54) is 98.2 Å². The topological polar surface area (TPSA) is 18.5 Å². The lowest BCUT2D eigenvalue weighted by molar-refractivity contribution is 0.171. The molecule has 2 aliphatic rings. The van der Waals surface area contributed by atoms with Crippen molar-refractivity contribution < 1.29 is 9.47 Å². The molecule has 2 aliphatic heterocycles. The van der Waals surface area contributed by atoms with Crippen molar-refractivity contribution in [3.63, 3.8) is 0 Å². The molecule has 2 nitrogen and oxygen atoms in total. The molecule has 0 saturated heterocycles. The summed E-state index contributed by atoms with van der Waals surface area (Å²) < 4.78 is 14.9. The highest BCUT2D eigenvalue weighted by Crippen LogP contribution is 2.70. The Morgan fingerprint density at radius 1 is 0.379 bits per heavy atom. The van der Waals surface area contributed by atoms with Gasteiger partial charge in [-0.15, -0.1) is 0 Å². The standard InChI is InChI=1S/C54H52O2P2/c1-31-17-11-21-35-41(31)29-42-32(2)18-12-22-36(42)47(35)39-25-15-27-45-49(39)57(53(5,6)7)51(55-45)52-56-46-28-16-26-40(50(46)58(52)54(8,9)10)48-37-23-13-19-33(3)43(37)30-44-34(4)20-14-24-38(44)48/h11-30,51-52H,1-10H3/t51-,52-,57?,58?/m0/s1. The largest absolute Gasteiger partial charge is 0.481 e. The van der Waals surface area contributed by atoms with Crippen LogP contribution in [0, 0.1) is 27.7 Å². The summed E-state index contributed by atoms with van der Waals surface area (Å²) in [6.45, 7) is 23.5. The Bertz CT molecular complexity index is 2680. The highest BCUT2D eigenvalue weighted by molar-refractivity contribution is 7.72. The first-order valence-electron chi connectivity index (χ1n) is 20.7. The fraction of sp³-hybridized carbons (Fsp3) is 0.259.